The molecule has 1 aromatic rings. The summed E-state index contributed by atoms with van der Waals surface area (Å²) in [6.07, 6.45) is 6.49. The zero-order valence-corrected chi connectivity index (χ0v) is 12.3. The summed E-state index contributed by atoms with van der Waals surface area (Å²) in [5, 5.41) is 13.1. The van der Waals surface area contributed by atoms with Crippen molar-refractivity contribution in [1.29, 1.82) is 0 Å². The molecule has 21 heavy (non-hydrogen) atoms. The highest BCUT2D eigenvalue weighted by atomic mass is 19.1. The number of carbonyl (C=O) groups is 1. The number of rotatable bonds is 5. The topological polar surface area (TPSA) is 49.3 Å². The average Bonchev–Trinajstić information content (AvgIpc) is 2.48. The number of aliphatic hydroxyl groups is 1. The van der Waals surface area contributed by atoms with E-state index in [1.54, 1.807) is 12.1 Å². The third-order valence-corrected chi connectivity index (χ3v) is 3.86. The minimum Gasteiger partial charge on any atom is -0.388 e. The van der Waals surface area contributed by atoms with E-state index in [0.29, 0.717) is 12.0 Å². The van der Waals surface area contributed by atoms with Crippen LogP contribution in [-0.2, 0) is 4.79 Å². The Balaban J connectivity index is 1.83. The average molecular weight is 291 g/mol. The fourth-order valence-electron chi connectivity index (χ4n) is 2.61. The number of hydrogen-bond donors (Lipinski definition) is 2. The van der Waals surface area contributed by atoms with Crippen LogP contribution in [0.2, 0.25) is 0 Å². The Hall–Kier alpha value is -1.68. The molecule has 2 rings (SSSR count). The fraction of sp³-hybridized carbons (Fsp3) is 0.471. The molecule has 3 unspecified atom stereocenters. The van der Waals surface area contributed by atoms with E-state index in [0.717, 1.165) is 19.3 Å². The summed E-state index contributed by atoms with van der Waals surface area (Å²) in [5.41, 5.74) is 0.665. The standard InChI is InChI=1S/C17H22FNO2/c1-12(19-17(21)14-5-3-2-4-6-14)11-16(20)13-7-9-15(18)10-8-13/h2-3,7-10,12,14,16,20H,4-6,11H2,1H3,(H,19,21). The van der Waals surface area contributed by atoms with Gasteiger partial charge in [0.25, 0.3) is 0 Å². The molecule has 0 aromatic heterocycles. The summed E-state index contributed by atoms with van der Waals surface area (Å²) in [6, 6.07) is 5.68. The van der Waals surface area contributed by atoms with Gasteiger partial charge in [-0.05, 0) is 50.3 Å². The van der Waals surface area contributed by atoms with E-state index in [4.69, 9.17) is 0 Å². The molecule has 0 saturated heterocycles. The molecule has 0 bridgehead atoms. The maximum atomic E-state index is 12.8. The van der Waals surface area contributed by atoms with E-state index >= 15 is 0 Å². The predicted octanol–water partition coefficient (Wildman–Crippen LogP) is 3.11. The van der Waals surface area contributed by atoms with Gasteiger partial charge in [-0.3, -0.25) is 4.79 Å². The summed E-state index contributed by atoms with van der Waals surface area (Å²) < 4.78 is 12.8. The fourth-order valence-corrected chi connectivity index (χ4v) is 2.61. The van der Waals surface area contributed by atoms with Crippen LogP contribution < -0.4 is 5.32 Å². The van der Waals surface area contributed by atoms with Gasteiger partial charge in [-0.25, -0.2) is 4.39 Å². The Labute approximate surface area is 124 Å². The molecule has 3 nitrogen and oxygen atoms in total. The highest BCUT2D eigenvalue weighted by Crippen LogP contribution is 2.21. The Bertz CT molecular complexity index is 498. The lowest BCUT2D eigenvalue weighted by molar-refractivity contribution is -0.126. The molecule has 0 aliphatic heterocycles. The molecule has 0 saturated carbocycles. The van der Waals surface area contributed by atoms with Crippen LogP contribution in [0.5, 0.6) is 0 Å². The van der Waals surface area contributed by atoms with Gasteiger partial charge in [0, 0.05) is 12.0 Å². The lowest BCUT2D eigenvalue weighted by Gasteiger charge is -2.22. The van der Waals surface area contributed by atoms with Crippen molar-refractivity contribution in [3.63, 3.8) is 0 Å². The van der Waals surface area contributed by atoms with E-state index in [2.05, 4.69) is 11.4 Å². The molecule has 0 radical (unpaired) electrons. The zero-order chi connectivity index (χ0) is 15.2. The van der Waals surface area contributed by atoms with Crippen LogP contribution in [0, 0.1) is 11.7 Å². The Kier molecular flexibility index (Phi) is 5.51. The van der Waals surface area contributed by atoms with Gasteiger partial charge in [-0.2, -0.15) is 0 Å². The quantitative estimate of drug-likeness (QED) is 0.819. The summed E-state index contributed by atoms with van der Waals surface area (Å²) in [5.74, 6) is -0.226. The number of aliphatic hydroxyl groups excluding tert-OH is 1. The molecule has 3 atom stereocenters. The third kappa shape index (κ3) is 4.67. The number of nitrogens with one attached hydrogen (secondary N) is 1. The zero-order valence-electron chi connectivity index (χ0n) is 12.3. The van der Waals surface area contributed by atoms with Crippen LogP contribution in [0.15, 0.2) is 36.4 Å². The summed E-state index contributed by atoms with van der Waals surface area (Å²) in [7, 11) is 0. The van der Waals surface area contributed by atoms with Crippen molar-refractivity contribution in [2.24, 2.45) is 5.92 Å². The number of hydrogen-bond acceptors (Lipinski definition) is 2. The van der Waals surface area contributed by atoms with Crippen LogP contribution in [0.25, 0.3) is 0 Å². The molecule has 4 heteroatoms. The molecule has 1 aliphatic rings. The molecular formula is C17H22FNO2. The number of carbonyl (C=O) groups excluding carboxylic acids is 1. The van der Waals surface area contributed by atoms with Crippen molar-refractivity contribution in [2.75, 3.05) is 0 Å². The van der Waals surface area contributed by atoms with Gasteiger partial charge in [0.1, 0.15) is 5.82 Å². The van der Waals surface area contributed by atoms with E-state index in [1.165, 1.54) is 12.1 Å². The van der Waals surface area contributed by atoms with Crippen LogP contribution in [0.3, 0.4) is 0 Å². The highest BCUT2D eigenvalue weighted by molar-refractivity contribution is 5.79. The Morgan fingerprint density at radius 3 is 2.71 bits per heavy atom. The van der Waals surface area contributed by atoms with E-state index < -0.39 is 6.10 Å². The maximum Gasteiger partial charge on any atom is 0.223 e. The second-order valence-electron chi connectivity index (χ2n) is 5.69. The Morgan fingerprint density at radius 1 is 1.38 bits per heavy atom. The van der Waals surface area contributed by atoms with E-state index in [-0.39, 0.29) is 23.7 Å². The number of amides is 1. The second kappa shape index (κ2) is 7.36. The van der Waals surface area contributed by atoms with Gasteiger partial charge in [0.15, 0.2) is 0 Å². The first-order valence-electron chi connectivity index (χ1n) is 7.45. The molecule has 1 aliphatic carbocycles. The largest absolute Gasteiger partial charge is 0.388 e. The van der Waals surface area contributed by atoms with Gasteiger partial charge < -0.3 is 10.4 Å². The molecule has 0 heterocycles. The van der Waals surface area contributed by atoms with E-state index in [1.807, 2.05) is 13.0 Å². The molecule has 1 amide bonds. The second-order valence-corrected chi connectivity index (χ2v) is 5.69. The smallest absolute Gasteiger partial charge is 0.223 e. The summed E-state index contributed by atoms with van der Waals surface area (Å²) in [6.45, 7) is 1.88. The van der Waals surface area contributed by atoms with Crippen molar-refractivity contribution in [3.05, 3.63) is 47.8 Å². The first-order chi connectivity index (χ1) is 10.1. The van der Waals surface area contributed by atoms with Crippen molar-refractivity contribution in [1.82, 2.24) is 5.32 Å². The predicted molar refractivity (Wildman–Crippen MR) is 80.1 cm³/mol. The highest BCUT2D eigenvalue weighted by Gasteiger charge is 2.21. The molecule has 114 valence electrons. The molecule has 2 N–H and O–H groups in total. The molecule has 1 aromatic carbocycles. The summed E-state index contributed by atoms with van der Waals surface area (Å²) >= 11 is 0. The molecule has 0 fully saturated rings. The number of benzene rings is 1. The third-order valence-electron chi connectivity index (χ3n) is 3.86. The van der Waals surface area contributed by atoms with Crippen LogP contribution >= 0.6 is 0 Å². The first kappa shape index (κ1) is 15.7. The minimum atomic E-state index is -0.702. The van der Waals surface area contributed by atoms with Gasteiger partial charge in [0.2, 0.25) is 5.91 Å². The number of allylic oxidation sites excluding steroid dienone is 2. The van der Waals surface area contributed by atoms with Gasteiger partial charge in [-0.15, -0.1) is 0 Å². The lowest BCUT2D eigenvalue weighted by atomic mass is 9.93. The number of halogens is 1. The van der Waals surface area contributed by atoms with Crippen molar-refractivity contribution in [3.8, 4) is 0 Å². The normalized spacial score (nSPS) is 20.8. The van der Waals surface area contributed by atoms with Gasteiger partial charge in [0.05, 0.1) is 6.10 Å². The molecule has 0 spiro atoms. The van der Waals surface area contributed by atoms with Crippen molar-refractivity contribution in [2.45, 2.75) is 44.8 Å². The lowest BCUT2D eigenvalue weighted by Crippen LogP contribution is -2.38. The summed E-state index contributed by atoms with van der Waals surface area (Å²) in [4.78, 5) is 12.1. The minimum absolute atomic E-state index is 0.0421. The van der Waals surface area contributed by atoms with Gasteiger partial charge in [-0.1, -0.05) is 24.3 Å². The first-order valence-corrected chi connectivity index (χ1v) is 7.45. The van der Waals surface area contributed by atoms with Gasteiger partial charge >= 0.3 is 0 Å². The van der Waals surface area contributed by atoms with Crippen LogP contribution in [0.4, 0.5) is 4.39 Å². The molecular weight excluding hydrogens is 269 g/mol. The van der Waals surface area contributed by atoms with Crippen LogP contribution in [0.1, 0.15) is 44.3 Å². The maximum absolute atomic E-state index is 12.8. The van der Waals surface area contributed by atoms with Crippen molar-refractivity contribution >= 4 is 5.91 Å². The van der Waals surface area contributed by atoms with Crippen molar-refractivity contribution < 1.29 is 14.3 Å². The van der Waals surface area contributed by atoms with Crippen LogP contribution in [-0.4, -0.2) is 17.1 Å². The Morgan fingerprint density at radius 2 is 2.10 bits per heavy atom. The van der Waals surface area contributed by atoms with E-state index in [9.17, 15) is 14.3 Å². The monoisotopic (exact) mass is 291 g/mol. The SMILES string of the molecule is CC(CC(O)c1ccc(F)cc1)NC(=O)C1CC=CCC1.